The molecule has 6 aromatic rings. The van der Waals surface area contributed by atoms with E-state index < -0.39 is 144 Å². The third-order valence-corrected chi connectivity index (χ3v) is 9.94. The SMILES string of the molecule is CC(C)CC(=O)c1cccc[n+]1CC(=O)c1ccccc1.Fc1c(F)c(F)c([B-](c2c(F)c(F)c(F)c(F)c2F)(c2c(F)c(F)c(F)c(F)c2F)c2c(F)c(F)c(F)c(F)c2F)c(F)c1F. The molecule has 3 nitrogen and oxygen atoms in total. The van der Waals surface area contributed by atoms with Crippen LogP contribution in [0.1, 0.15) is 41.1 Å². The zero-order valence-corrected chi connectivity index (χ0v) is 32.6. The number of carbonyl (C=O) groups is 2. The molecule has 24 heteroatoms. The molecule has 0 fully saturated rings. The largest absolute Gasteiger partial charge is 0.287 e. The second-order valence-corrected chi connectivity index (χ2v) is 14.3. The Morgan fingerprint density at radius 1 is 0.394 bits per heavy atom. The van der Waals surface area contributed by atoms with Crippen molar-refractivity contribution in [1.29, 1.82) is 0 Å². The number of halogens is 20. The van der Waals surface area contributed by atoms with Gasteiger partial charge in [0.25, 0.3) is 0 Å². The molecule has 1 heterocycles. The fourth-order valence-electron chi connectivity index (χ4n) is 7.09. The van der Waals surface area contributed by atoms with Gasteiger partial charge in [-0.15, -0.1) is 21.9 Å². The molecule has 66 heavy (non-hydrogen) atoms. The van der Waals surface area contributed by atoms with Gasteiger partial charge in [0.05, 0.1) is 0 Å². The molecule has 5 aromatic carbocycles. The van der Waals surface area contributed by atoms with Crippen molar-refractivity contribution in [2.75, 3.05) is 0 Å². The molecule has 0 aliphatic carbocycles. The molecule has 0 aliphatic heterocycles. The molecule has 0 saturated carbocycles. The molecule has 0 saturated heterocycles. The highest BCUT2D eigenvalue weighted by Crippen LogP contribution is 2.31. The number of aromatic nitrogens is 1. The lowest BCUT2D eigenvalue weighted by molar-refractivity contribution is -0.685. The average Bonchev–Trinajstić information content (AvgIpc) is 3.29. The van der Waals surface area contributed by atoms with Gasteiger partial charge < -0.3 is 0 Å². The van der Waals surface area contributed by atoms with Gasteiger partial charge in [-0.25, -0.2) is 87.8 Å². The monoisotopic (exact) mass is 961 g/mol. The predicted octanol–water partition coefficient (Wildman–Crippen LogP) is 8.93. The molecule has 0 radical (unpaired) electrons. The molecule has 348 valence electrons. The minimum Gasteiger partial charge on any atom is -0.287 e. The van der Waals surface area contributed by atoms with Crippen molar-refractivity contribution in [2.24, 2.45) is 5.92 Å². The molecule has 0 spiro atoms. The van der Waals surface area contributed by atoms with Crippen molar-refractivity contribution in [3.05, 3.63) is 182 Å². The molecule has 0 unspecified atom stereocenters. The summed E-state index contributed by atoms with van der Waals surface area (Å²) in [5, 5.41) is 0. The molecule has 1 aromatic heterocycles. The highest BCUT2D eigenvalue weighted by molar-refractivity contribution is 7.20. The number of Topliss-reactive ketones (excluding diaryl/α,β-unsaturated/α-hetero) is 2. The quantitative estimate of drug-likeness (QED) is 0.0344. The number of carbonyl (C=O) groups excluding carboxylic acids is 2. The Morgan fingerprint density at radius 2 is 0.667 bits per heavy atom. The van der Waals surface area contributed by atoms with Gasteiger partial charge >= 0.3 is 0 Å². The Labute approximate surface area is 356 Å². The molecule has 0 bridgehead atoms. The zero-order chi connectivity index (χ0) is 49.6. The van der Waals surface area contributed by atoms with Gasteiger partial charge in [-0.2, -0.15) is 4.57 Å². The summed E-state index contributed by atoms with van der Waals surface area (Å²) in [7, 11) is 0. The van der Waals surface area contributed by atoms with Crippen LogP contribution in [0.3, 0.4) is 0 Å². The van der Waals surface area contributed by atoms with Crippen molar-refractivity contribution in [3.8, 4) is 0 Å². The van der Waals surface area contributed by atoms with Gasteiger partial charge in [0, 0.05) is 24.1 Å². The van der Waals surface area contributed by atoms with Gasteiger partial charge in [0.15, 0.2) is 76.0 Å². The van der Waals surface area contributed by atoms with Crippen LogP contribution < -0.4 is 26.4 Å². The van der Waals surface area contributed by atoms with Crippen LogP contribution in [0.4, 0.5) is 87.8 Å². The topological polar surface area (TPSA) is 38.0 Å². The van der Waals surface area contributed by atoms with Crippen LogP contribution in [-0.2, 0) is 6.54 Å². The highest BCUT2D eigenvalue weighted by atomic mass is 19.2. The van der Waals surface area contributed by atoms with Gasteiger partial charge in [-0.05, 0) is 12.0 Å². The van der Waals surface area contributed by atoms with Crippen LogP contribution in [-0.4, -0.2) is 17.7 Å². The molecule has 0 N–H and O–H groups in total. The van der Waals surface area contributed by atoms with Crippen molar-refractivity contribution >= 4 is 39.6 Å². The summed E-state index contributed by atoms with van der Waals surface area (Å²) in [6.45, 7) is 4.21. The Balaban J connectivity index is 0.000000324. The van der Waals surface area contributed by atoms with E-state index in [-0.39, 0.29) is 18.1 Å². The van der Waals surface area contributed by atoms with E-state index in [1.54, 1.807) is 29.0 Å². The molecule has 0 atom stereocenters. The lowest BCUT2D eigenvalue weighted by atomic mass is 9.12. The van der Waals surface area contributed by atoms with Crippen LogP contribution in [0.25, 0.3) is 0 Å². The van der Waals surface area contributed by atoms with Crippen molar-refractivity contribution in [3.63, 3.8) is 0 Å². The normalized spacial score (nSPS) is 11.6. The van der Waals surface area contributed by atoms with E-state index >= 15 is 35.1 Å². The summed E-state index contributed by atoms with van der Waals surface area (Å²) in [6, 6.07) is 14.6. The van der Waals surface area contributed by atoms with E-state index in [2.05, 4.69) is 0 Å². The van der Waals surface area contributed by atoms with E-state index in [0.29, 0.717) is 23.6 Å². The fourth-order valence-corrected chi connectivity index (χ4v) is 7.09. The van der Waals surface area contributed by atoms with E-state index in [4.69, 9.17) is 0 Å². The Bertz CT molecular complexity index is 2560. The summed E-state index contributed by atoms with van der Waals surface area (Å²) < 4.78 is 296. The van der Waals surface area contributed by atoms with E-state index in [0.717, 1.165) is 0 Å². The first-order valence-electron chi connectivity index (χ1n) is 18.1. The second-order valence-electron chi connectivity index (χ2n) is 14.3. The lowest BCUT2D eigenvalue weighted by Gasteiger charge is -2.44. The summed E-state index contributed by atoms with van der Waals surface area (Å²) in [6.07, 6.45) is -4.94. The zero-order valence-electron chi connectivity index (χ0n) is 32.6. The van der Waals surface area contributed by atoms with Crippen LogP contribution in [0.5, 0.6) is 0 Å². The van der Waals surface area contributed by atoms with Crippen molar-refractivity contribution < 1.29 is 102 Å². The maximum Gasteiger partial charge on any atom is 0.249 e. The first-order chi connectivity index (χ1) is 30.8. The maximum absolute atomic E-state index is 15.4. The van der Waals surface area contributed by atoms with Gasteiger partial charge in [0.1, 0.15) is 52.7 Å². The van der Waals surface area contributed by atoms with Crippen LogP contribution >= 0.6 is 0 Å². The van der Waals surface area contributed by atoms with Crippen molar-refractivity contribution in [2.45, 2.75) is 26.8 Å². The number of ketones is 2. The van der Waals surface area contributed by atoms with Crippen molar-refractivity contribution in [1.82, 2.24) is 0 Å². The fraction of sp³-hybridized carbons (Fsp3) is 0.119. The number of pyridine rings is 1. The number of hydrogen-bond donors (Lipinski definition) is 0. The number of benzene rings is 5. The summed E-state index contributed by atoms with van der Waals surface area (Å²) >= 11 is 0. The van der Waals surface area contributed by atoms with Crippen LogP contribution in [0.15, 0.2) is 54.7 Å². The van der Waals surface area contributed by atoms with E-state index in [1.807, 2.05) is 44.2 Å². The van der Waals surface area contributed by atoms with Crippen LogP contribution in [0, 0.1) is 122 Å². The number of rotatable bonds is 10. The first kappa shape index (κ1) is 50.3. The molecular weight excluding hydrogens is 941 g/mol. The predicted molar refractivity (Wildman–Crippen MR) is 190 cm³/mol. The molecule has 0 amide bonds. The van der Waals surface area contributed by atoms with Crippen LogP contribution in [0.2, 0.25) is 0 Å². The number of nitrogens with zero attached hydrogens (tertiary/aromatic N) is 1. The Kier molecular flexibility index (Phi) is 14.5. The molecular formula is C42H20BF20NO2. The summed E-state index contributed by atoms with van der Waals surface area (Å²) in [4.78, 5) is 24.5. The Morgan fingerprint density at radius 3 is 0.955 bits per heavy atom. The highest BCUT2D eigenvalue weighted by Gasteiger charge is 2.52. The van der Waals surface area contributed by atoms with Gasteiger partial charge in [-0.1, -0.05) is 44.2 Å². The second kappa shape index (κ2) is 19.0. The first-order valence-corrected chi connectivity index (χ1v) is 18.1. The minimum atomic E-state index is -7.22. The number of hydrogen-bond acceptors (Lipinski definition) is 2. The summed E-state index contributed by atoms with van der Waals surface area (Å²) in [5.41, 5.74) is -13.1. The lowest BCUT2D eigenvalue weighted by Crippen LogP contribution is -2.81. The third-order valence-electron chi connectivity index (χ3n) is 9.94. The minimum absolute atomic E-state index is 0.00500. The molecule has 0 aliphatic rings. The average molecular weight is 961 g/mol. The van der Waals surface area contributed by atoms with Gasteiger partial charge in [-0.3, -0.25) is 9.59 Å². The van der Waals surface area contributed by atoms with E-state index in [1.165, 1.54) is 0 Å². The molecule has 6 rings (SSSR count). The smallest absolute Gasteiger partial charge is 0.249 e. The van der Waals surface area contributed by atoms with Gasteiger partial charge in [0.2, 0.25) is 23.8 Å². The third kappa shape index (κ3) is 8.24. The van der Waals surface area contributed by atoms with E-state index in [9.17, 15) is 62.3 Å². The summed E-state index contributed by atoms with van der Waals surface area (Å²) in [5.74, 6) is -71.0. The Hall–Kier alpha value is -6.75. The maximum atomic E-state index is 15.4. The standard InChI is InChI=1S/C24BF20.C18H20NO2/c26-5-1(6(27)14(35)21(42)13(5)34)25(2-7(28)15(36)22(43)16(37)8(2)29,3-9(30)17(38)23(44)18(39)10(3)31)4-11(32)19(40)24(45)20(41)12(4)33;1-14(2)12-17(20)16-10-6-7-11-19(16)13-18(21)15-8-4-3-5-9-15/h;3-11,14H,12-13H2,1-2H3/q-1;+1.